The molecule has 0 heterocycles. The highest BCUT2D eigenvalue weighted by Gasteiger charge is 1.87. The van der Waals surface area contributed by atoms with Gasteiger partial charge in [-0.1, -0.05) is 59.8 Å². The summed E-state index contributed by atoms with van der Waals surface area (Å²) in [7, 11) is 1.82. The summed E-state index contributed by atoms with van der Waals surface area (Å²) in [4.78, 5) is 4.10. The summed E-state index contributed by atoms with van der Waals surface area (Å²) in [6.07, 6.45) is 7.88. The second kappa shape index (κ2) is 22.7. The maximum absolute atomic E-state index is 4.10. The van der Waals surface area contributed by atoms with Crippen LogP contribution in [0.25, 0.3) is 0 Å². The lowest BCUT2D eigenvalue weighted by Gasteiger charge is -1.93. The maximum Gasteiger partial charge on any atom is 0.0344 e. The van der Waals surface area contributed by atoms with Gasteiger partial charge in [0.1, 0.15) is 0 Å². The third kappa shape index (κ3) is 17.3. The van der Waals surface area contributed by atoms with Crippen molar-refractivity contribution in [3.8, 4) is 0 Å². The molecular formula is C13H27N. The van der Waals surface area contributed by atoms with Crippen molar-refractivity contribution >= 4 is 5.71 Å². The van der Waals surface area contributed by atoms with Crippen molar-refractivity contribution in [2.75, 3.05) is 7.05 Å². The molecule has 0 rings (SSSR count). The van der Waals surface area contributed by atoms with Crippen LogP contribution in [0.5, 0.6) is 0 Å². The molecule has 0 saturated heterocycles. The maximum atomic E-state index is 4.10. The monoisotopic (exact) mass is 197 g/mol. The third-order valence-electron chi connectivity index (χ3n) is 1.22. The minimum atomic E-state index is 1.06. The van der Waals surface area contributed by atoms with Crippen LogP contribution in [-0.4, -0.2) is 12.8 Å². The van der Waals surface area contributed by atoms with E-state index in [1.54, 1.807) is 6.08 Å². The Hall–Kier alpha value is -0.850. The van der Waals surface area contributed by atoms with E-state index in [4.69, 9.17) is 0 Å². The first-order chi connectivity index (χ1) is 6.85. The summed E-state index contributed by atoms with van der Waals surface area (Å²) in [6.45, 7) is 13.7. The molecule has 0 spiro atoms. The fourth-order valence-electron chi connectivity index (χ4n) is 0.705. The van der Waals surface area contributed by atoms with Gasteiger partial charge in [0.25, 0.3) is 0 Å². The first-order valence-electron chi connectivity index (χ1n) is 5.60. The molecule has 84 valence electrons. The number of hydrogen-bond donors (Lipinski definition) is 0. The summed E-state index contributed by atoms with van der Waals surface area (Å²) >= 11 is 0. The molecule has 0 radical (unpaired) electrons. The zero-order valence-electron chi connectivity index (χ0n) is 10.8. The predicted octanol–water partition coefficient (Wildman–Crippen LogP) is 4.65. The minimum absolute atomic E-state index is 1.06. The molecule has 0 aromatic heterocycles. The van der Waals surface area contributed by atoms with Gasteiger partial charge in [-0.15, -0.1) is 0 Å². The SMILES string of the molecule is C=C/C=C\C(CCC)=NC.CC.CC. The van der Waals surface area contributed by atoms with E-state index >= 15 is 0 Å². The lowest BCUT2D eigenvalue weighted by Crippen LogP contribution is -1.90. The van der Waals surface area contributed by atoms with E-state index in [1.807, 2.05) is 46.9 Å². The molecule has 0 saturated carbocycles. The van der Waals surface area contributed by atoms with Crippen molar-refractivity contribution < 1.29 is 0 Å². The Kier molecular flexibility index (Phi) is 30.6. The molecule has 1 heteroatoms. The lowest BCUT2D eigenvalue weighted by atomic mass is 10.2. The Balaban J connectivity index is -0.000000266. The van der Waals surface area contributed by atoms with Gasteiger partial charge in [0.05, 0.1) is 0 Å². The summed E-state index contributed by atoms with van der Waals surface area (Å²) in [5.41, 5.74) is 1.14. The summed E-state index contributed by atoms with van der Waals surface area (Å²) in [5, 5.41) is 0. The molecular weight excluding hydrogens is 170 g/mol. The Bertz CT molecular complexity index is 143. The number of hydrogen-bond acceptors (Lipinski definition) is 1. The molecule has 0 unspecified atom stereocenters. The summed E-state index contributed by atoms with van der Waals surface area (Å²) in [6, 6.07) is 0. The van der Waals surface area contributed by atoms with E-state index in [-0.39, 0.29) is 0 Å². The fraction of sp³-hybridized carbons (Fsp3) is 0.615. The topological polar surface area (TPSA) is 12.4 Å². The van der Waals surface area contributed by atoms with Gasteiger partial charge in [0.15, 0.2) is 0 Å². The van der Waals surface area contributed by atoms with Gasteiger partial charge in [-0.05, 0) is 12.5 Å². The standard InChI is InChI=1S/C9H15N.2C2H6/c1-4-6-8-9(10-3)7-5-2;2*1-2/h4,6,8H,1,5,7H2,2-3H3;2*1-2H3/b8-6-,10-9?;;. The lowest BCUT2D eigenvalue weighted by molar-refractivity contribution is 0.993. The number of rotatable bonds is 4. The second-order valence-electron chi connectivity index (χ2n) is 2.06. The number of aliphatic imine (C=N–C) groups is 1. The highest BCUT2D eigenvalue weighted by molar-refractivity contribution is 5.94. The molecule has 1 nitrogen and oxygen atoms in total. The summed E-state index contributed by atoms with van der Waals surface area (Å²) < 4.78 is 0. The highest BCUT2D eigenvalue weighted by Crippen LogP contribution is 1.93. The zero-order chi connectivity index (χ0) is 11.8. The predicted molar refractivity (Wildman–Crippen MR) is 70.3 cm³/mol. The third-order valence-corrected chi connectivity index (χ3v) is 1.22. The molecule has 0 aliphatic rings. The molecule has 0 bridgehead atoms. The molecule has 0 aliphatic carbocycles. The second-order valence-corrected chi connectivity index (χ2v) is 2.06. The van der Waals surface area contributed by atoms with Crippen molar-refractivity contribution in [1.29, 1.82) is 0 Å². The number of nitrogens with zero attached hydrogens (tertiary/aromatic N) is 1. The van der Waals surface area contributed by atoms with Crippen LogP contribution in [0.3, 0.4) is 0 Å². The van der Waals surface area contributed by atoms with Crippen LogP contribution in [0.15, 0.2) is 29.8 Å². The minimum Gasteiger partial charge on any atom is -0.293 e. The van der Waals surface area contributed by atoms with Crippen LogP contribution in [0.1, 0.15) is 47.5 Å². The van der Waals surface area contributed by atoms with Gasteiger partial charge in [-0.2, -0.15) is 0 Å². The molecule has 0 fully saturated rings. The molecule has 0 aromatic rings. The van der Waals surface area contributed by atoms with E-state index in [0.717, 1.165) is 18.6 Å². The van der Waals surface area contributed by atoms with Crippen LogP contribution in [0.2, 0.25) is 0 Å². The van der Waals surface area contributed by atoms with Crippen LogP contribution in [-0.2, 0) is 0 Å². The van der Waals surface area contributed by atoms with Crippen molar-refractivity contribution in [2.24, 2.45) is 4.99 Å². The smallest absolute Gasteiger partial charge is 0.0344 e. The van der Waals surface area contributed by atoms with Gasteiger partial charge in [-0.25, -0.2) is 0 Å². The largest absolute Gasteiger partial charge is 0.293 e. The van der Waals surface area contributed by atoms with Gasteiger partial charge >= 0.3 is 0 Å². The fourth-order valence-corrected chi connectivity index (χ4v) is 0.705. The van der Waals surface area contributed by atoms with E-state index in [9.17, 15) is 0 Å². The average molecular weight is 197 g/mol. The van der Waals surface area contributed by atoms with Crippen LogP contribution >= 0.6 is 0 Å². The Morgan fingerprint density at radius 1 is 1.21 bits per heavy atom. The first-order valence-corrected chi connectivity index (χ1v) is 5.60. The molecule has 14 heavy (non-hydrogen) atoms. The average Bonchev–Trinajstić information content (AvgIpc) is 2.29. The van der Waals surface area contributed by atoms with E-state index in [2.05, 4.69) is 18.5 Å². The van der Waals surface area contributed by atoms with Crippen LogP contribution in [0.4, 0.5) is 0 Å². The van der Waals surface area contributed by atoms with Gasteiger partial charge < -0.3 is 0 Å². The zero-order valence-corrected chi connectivity index (χ0v) is 10.8. The molecule has 0 aliphatic heterocycles. The Morgan fingerprint density at radius 3 is 2.00 bits per heavy atom. The van der Waals surface area contributed by atoms with Crippen molar-refractivity contribution in [2.45, 2.75) is 47.5 Å². The quantitative estimate of drug-likeness (QED) is 0.459. The molecule has 0 atom stereocenters. The summed E-state index contributed by atoms with van der Waals surface area (Å²) in [5.74, 6) is 0. The van der Waals surface area contributed by atoms with E-state index in [0.29, 0.717) is 0 Å². The van der Waals surface area contributed by atoms with Crippen molar-refractivity contribution in [1.82, 2.24) is 0 Å². The van der Waals surface area contributed by atoms with Gasteiger partial charge in [0.2, 0.25) is 0 Å². The molecule has 0 amide bonds. The Labute approximate surface area is 90.6 Å². The van der Waals surface area contributed by atoms with Crippen LogP contribution < -0.4 is 0 Å². The van der Waals surface area contributed by atoms with E-state index in [1.165, 1.54) is 0 Å². The molecule has 0 N–H and O–H groups in total. The van der Waals surface area contributed by atoms with E-state index < -0.39 is 0 Å². The Morgan fingerprint density at radius 2 is 1.71 bits per heavy atom. The van der Waals surface area contributed by atoms with Gasteiger partial charge in [0, 0.05) is 12.8 Å². The van der Waals surface area contributed by atoms with Gasteiger partial charge in [-0.3, -0.25) is 4.99 Å². The molecule has 0 aromatic carbocycles. The van der Waals surface area contributed by atoms with Crippen molar-refractivity contribution in [3.05, 3.63) is 24.8 Å². The first kappa shape index (κ1) is 18.8. The van der Waals surface area contributed by atoms with Crippen LogP contribution in [0, 0.1) is 0 Å². The normalized spacial score (nSPS) is 9.71. The highest BCUT2D eigenvalue weighted by atomic mass is 14.7. The number of allylic oxidation sites excluding steroid dienone is 3. The van der Waals surface area contributed by atoms with Crippen molar-refractivity contribution in [3.63, 3.8) is 0 Å².